The van der Waals surface area contributed by atoms with Gasteiger partial charge in [0, 0.05) is 12.3 Å². The number of amides is 1. The number of anilines is 2. The Bertz CT molecular complexity index is 1190. The van der Waals surface area contributed by atoms with Crippen LogP contribution in [0.4, 0.5) is 11.5 Å². The Labute approximate surface area is 179 Å². The molecule has 2 aromatic carbocycles. The fraction of sp³-hybridized carbons (Fsp3) is 0.0870. The summed E-state index contributed by atoms with van der Waals surface area (Å²) in [7, 11) is 1.61. The van der Waals surface area contributed by atoms with Crippen molar-refractivity contribution in [3.05, 3.63) is 90.4 Å². The van der Waals surface area contributed by atoms with Gasteiger partial charge in [0.15, 0.2) is 11.4 Å². The van der Waals surface area contributed by atoms with E-state index in [0.29, 0.717) is 29.6 Å². The number of methoxy groups -OCH3 is 1. The van der Waals surface area contributed by atoms with Crippen molar-refractivity contribution in [1.82, 2.24) is 14.8 Å². The maximum absolute atomic E-state index is 11.9. The molecular weight excluding hydrogens is 394 g/mol. The molecule has 0 radical (unpaired) electrons. The third kappa shape index (κ3) is 4.64. The van der Waals surface area contributed by atoms with E-state index in [1.54, 1.807) is 31.6 Å². The van der Waals surface area contributed by atoms with Crippen LogP contribution in [-0.2, 0) is 6.61 Å². The highest BCUT2D eigenvalue weighted by atomic mass is 16.5. The molecule has 31 heavy (non-hydrogen) atoms. The Morgan fingerprint density at radius 2 is 1.84 bits per heavy atom. The molecule has 8 nitrogen and oxygen atoms in total. The number of nitrogens with two attached hydrogens (primary N) is 1. The van der Waals surface area contributed by atoms with Gasteiger partial charge in [-0.25, -0.2) is 9.67 Å². The lowest BCUT2D eigenvalue weighted by atomic mass is 10.2. The number of benzene rings is 2. The molecule has 2 aromatic heterocycles. The Morgan fingerprint density at radius 1 is 1.06 bits per heavy atom. The molecule has 0 unspecified atom stereocenters. The van der Waals surface area contributed by atoms with Crippen molar-refractivity contribution >= 4 is 17.4 Å². The molecular formula is C23H21N5O3. The number of pyridine rings is 1. The highest BCUT2D eigenvalue weighted by molar-refractivity contribution is 5.93. The van der Waals surface area contributed by atoms with E-state index >= 15 is 0 Å². The summed E-state index contributed by atoms with van der Waals surface area (Å²) >= 11 is 0. The summed E-state index contributed by atoms with van der Waals surface area (Å²) in [6.45, 7) is 0.295. The molecule has 0 aliphatic heterocycles. The molecule has 0 aliphatic carbocycles. The topological polar surface area (TPSA) is 104 Å². The number of para-hydroxylation sites is 2. The maximum atomic E-state index is 11.9. The number of aromatic nitrogens is 3. The van der Waals surface area contributed by atoms with E-state index < -0.39 is 5.91 Å². The lowest BCUT2D eigenvalue weighted by Gasteiger charge is -2.11. The van der Waals surface area contributed by atoms with Gasteiger partial charge in [-0.2, -0.15) is 5.10 Å². The van der Waals surface area contributed by atoms with Crippen LogP contribution in [0, 0.1) is 0 Å². The van der Waals surface area contributed by atoms with Crippen LogP contribution in [0.25, 0.3) is 5.69 Å². The normalized spacial score (nSPS) is 10.5. The van der Waals surface area contributed by atoms with Crippen LogP contribution in [0.5, 0.6) is 11.5 Å². The molecule has 0 fully saturated rings. The van der Waals surface area contributed by atoms with Crippen molar-refractivity contribution in [2.24, 2.45) is 5.73 Å². The Kier molecular flexibility index (Phi) is 5.79. The predicted octanol–water partition coefficient (Wildman–Crippen LogP) is 3.70. The number of nitrogens with zero attached hydrogens (tertiary/aromatic N) is 3. The second-order valence-corrected chi connectivity index (χ2v) is 6.65. The van der Waals surface area contributed by atoms with Gasteiger partial charge in [-0.05, 0) is 23.8 Å². The van der Waals surface area contributed by atoms with Gasteiger partial charge in [0.2, 0.25) is 0 Å². The molecule has 0 saturated heterocycles. The number of hydrogen-bond acceptors (Lipinski definition) is 6. The van der Waals surface area contributed by atoms with Crippen molar-refractivity contribution in [3.8, 4) is 17.2 Å². The lowest BCUT2D eigenvalue weighted by molar-refractivity contribution is 0.0991. The number of carbonyl (C=O) groups excluding carboxylic acids is 1. The molecule has 0 atom stereocenters. The van der Waals surface area contributed by atoms with Crippen LogP contribution in [0.1, 0.15) is 16.1 Å². The van der Waals surface area contributed by atoms with Crippen LogP contribution in [-0.4, -0.2) is 27.8 Å². The average Bonchev–Trinajstić information content (AvgIpc) is 3.24. The van der Waals surface area contributed by atoms with Gasteiger partial charge in [-0.1, -0.05) is 42.5 Å². The van der Waals surface area contributed by atoms with Crippen molar-refractivity contribution in [1.29, 1.82) is 0 Å². The van der Waals surface area contributed by atoms with E-state index in [1.165, 1.54) is 4.68 Å². The van der Waals surface area contributed by atoms with Crippen LogP contribution in [0.2, 0.25) is 0 Å². The van der Waals surface area contributed by atoms with Crippen LogP contribution < -0.4 is 20.5 Å². The van der Waals surface area contributed by atoms with Gasteiger partial charge in [-0.3, -0.25) is 4.79 Å². The summed E-state index contributed by atoms with van der Waals surface area (Å²) in [6.07, 6.45) is 3.27. The Balaban J connectivity index is 1.59. The Hall–Kier alpha value is -4.33. The van der Waals surface area contributed by atoms with Gasteiger partial charge in [0.25, 0.3) is 5.91 Å². The number of nitrogens with one attached hydrogen (secondary N) is 1. The zero-order valence-electron chi connectivity index (χ0n) is 16.9. The van der Waals surface area contributed by atoms with E-state index in [9.17, 15) is 4.79 Å². The molecule has 1 amide bonds. The number of carbonyl (C=O) groups is 1. The first-order chi connectivity index (χ1) is 15.1. The molecule has 4 rings (SSSR count). The molecule has 0 saturated carbocycles. The standard InChI is InChI=1S/C23H21N5O3/c1-30-19-10-6-5-9-18(19)26-21-13-17(11-12-25-21)28-14-20(22(27-28)23(24)29)31-15-16-7-3-2-4-8-16/h2-14H,15H2,1H3,(H2,24,29)(H,25,26). The highest BCUT2D eigenvalue weighted by Gasteiger charge is 2.17. The maximum Gasteiger partial charge on any atom is 0.273 e. The summed E-state index contributed by atoms with van der Waals surface area (Å²) in [4.78, 5) is 16.2. The number of hydrogen-bond donors (Lipinski definition) is 2. The van der Waals surface area contributed by atoms with E-state index in [4.69, 9.17) is 15.2 Å². The molecule has 2 heterocycles. The third-order valence-corrected chi connectivity index (χ3v) is 4.53. The highest BCUT2D eigenvalue weighted by Crippen LogP contribution is 2.27. The molecule has 3 N–H and O–H groups in total. The van der Waals surface area contributed by atoms with Crippen LogP contribution >= 0.6 is 0 Å². The molecule has 156 valence electrons. The molecule has 0 spiro atoms. The van der Waals surface area contributed by atoms with E-state index in [2.05, 4.69) is 15.4 Å². The minimum atomic E-state index is -0.664. The smallest absolute Gasteiger partial charge is 0.273 e. The first-order valence-corrected chi connectivity index (χ1v) is 9.56. The zero-order chi connectivity index (χ0) is 21.6. The van der Waals surface area contributed by atoms with Crippen LogP contribution in [0.15, 0.2) is 79.1 Å². The second-order valence-electron chi connectivity index (χ2n) is 6.65. The summed E-state index contributed by atoms with van der Waals surface area (Å²) < 4.78 is 12.7. The van der Waals surface area contributed by atoms with E-state index in [0.717, 1.165) is 11.3 Å². The minimum absolute atomic E-state index is 0.0620. The minimum Gasteiger partial charge on any atom is -0.495 e. The van der Waals surface area contributed by atoms with Crippen LogP contribution in [0.3, 0.4) is 0 Å². The molecule has 8 heteroatoms. The Morgan fingerprint density at radius 3 is 2.61 bits per heavy atom. The third-order valence-electron chi connectivity index (χ3n) is 4.53. The van der Waals surface area contributed by atoms with Gasteiger partial charge in [0.1, 0.15) is 18.2 Å². The lowest BCUT2D eigenvalue weighted by Crippen LogP contribution is -2.14. The van der Waals surface area contributed by atoms with Crippen molar-refractivity contribution in [3.63, 3.8) is 0 Å². The second kappa shape index (κ2) is 9.00. The first-order valence-electron chi connectivity index (χ1n) is 9.56. The molecule has 0 bridgehead atoms. The molecule has 0 aliphatic rings. The summed E-state index contributed by atoms with van der Waals surface area (Å²) in [5.41, 5.74) is 8.00. The van der Waals surface area contributed by atoms with E-state index in [-0.39, 0.29) is 5.69 Å². The zero-order valence-corrected chi connectivity index (χ0v) is 16.9. The summed E-state index contributed by atoms with van der Waals surface area (Å²) in [5.74, 6) is 0.932. The van der Waals surface area contributed by atoms with Gasteiger partial charge >= 0.3 is 0 Å². The van der Waals surface area contributed by atoms with Gasteiger partial charge in [-0.15, -0.1) is 0 Å². The predicted molar refractivity (Wildman–Crippen MR) is 117 cm³/mol. The number of rotatable bonds is 8. The summed E-state index contributed by atoms with van der Waals surface area (Å²) in [5, 5.41) is 7.54. The van der Waals surface area contributed by atoms with Crippen molar-refractivity contribution < 1.29 is 14.3 Å². The van der Waals surface area contributed by atoms with Gasteiger partial charge in [0.05, 0.1) is 24.7 Å². The monoisotopic (exact) mass is 415 g/mol. The molecule has 4 aromatic rings. The first kappa shape index (κ1) is 20.0. The quantitative estimate of drug-likeness (QED) is 0.455. The average molecular weight is 415 g/mol. The fourth-order valence-corrected chi connectivity index (χ4v) is 3.02. The summed E-state index contributed by atoms with van der Waals surface area (Å²) in [6, 6.07) is 20.7. The van der Waals surface area contributed by atoms with Crippen molar-refractivity contribution in [2.45, 2.75) is 6.61 Å². The SMILES string of the molecule is COc1ccccc1Nc1cc(-n2cc(OCc3ccccc3)c(C(N)=O)n2)ccn1. The van der Waals surface area contributed by atoms with Gasteiger partial charge < -0.3 is 20.5 Å². The van der Waals surface area contributed by atoms with Crippen molar-refractivity contribution in [2.75, 3.05) is 12.4 Å². The van der Waals surface area contributed by atoms with E-state index in [1.807, 2.05) is 54.6 Å². The number of ether oxygens (including phenoxy) is 2. The largest absolute Gasteiger partial charge is 0.495 e. The number of primary amides is 1. The fourth-order valence-electron chi connectivity index (χ4n) is 3.02.